The van der Waals surface area contributed by atoms with Gasteiger partial charge in [-0.15, -0.1) is 0 Å². The fourth-order valence-corrected chi connectivity index (χ4v) is 2.94. The van der Waals surface area contributed by atoms with Crippen LogP contribution in [0.25, 0.3) is 22.1 Å². The number of nitrogens with zero attached hydrogens (tertiary/aromatic N) is 1. The maximum absolute atomic E-state index is 14.4. The molecular weight excluding hydrogens is 377 g/mol. The van der Waals surface area contributed by atoms with Crippen molar-refractivity contribution in [1.82, 2.24) is 4.98 Å². The van der Waals surface area contributed by atoms with Crippen LogP contribution in [0.5, 0.6) is 0 Å². The Kier molecular flexibility index (Phi) is 4.68. The third-order valence-corrected chi connectivity index (χ3v) is 4.45. The van der Waals surface area contributed by atoms with Gasteiger partial charge < -0.3 is 4.42 Å². The predicted molar refractivity (Wildman–Crippen MR) is 108 cm³/mol. The average Bonchev–Trinajstić information content (AvgIpc) is 2.68. The van der Waals surface area contributed by atoms with Gasteiger partial charge in [-0.2, -0.15) is 0 Å². The topological polar surface area (TPSA) is 43.1 Å². The molecule has 0 bridgehead atoms. The van der Waals surface area contributed by atoms with Gasteiger partial charge in [-0.3, -0.25) is 4.79 Å². The van der Waals surface area contributed by atoms with E-state index in [1.54, 1.807) is 55.6 Å². The van der Waals surface area contributed by atoms with Crippen LogP contribution in [0.1, 0.15) is 17.0 Å². The molecule has 0 aliphatic carbocycles. The number of aromatic nitrogens is 1. The molecule has 136 valence electrons. The summed E-state index contributed by atoms with van der Waals surface area (Å²) in [5.41, 5.74) is 2.41. The Labute approximate surface area is 165 Å². The highest BCUT2D eigenvalue weighted by molar-refractivity contribution is 6.30. The van der Waals surface area contributed by atoms with Crippen LogP contribution in [-0.4, -0.2) is 4.98 Å². The smallest absolute Gasteiger partial charge is 0.192 e. The Morgan fingerprint density at radius 1 is 1.00 bits per heavy atom. The summed E-state index contributed by atoms with van der Waals surface area (Å²) in [6, 6.07) is 14.9. The second-order valence-electron chi connectivity index (χ2n) is 6.24. The lowest BCUT2D eigenvalue weighted by Crippen LogP contribution is -2.00. The zero-order valence-electron chi connectivity index (χ0n) is 14.8. The second-order valence-corrected chi connectivity index (χ2v) is 6.68. The van der Waals surface area contributed by atoms with Gasteiger partial charge in [0.15, 0.2) is 11.2 Å². The molecule has 0 unspecified atom stereocenters. The first kappa shape index (κ1) is 18.0. The van der Waals surface area contributed by atoms with Gasteiger partial charge in [0, 0.05) is 28.4 Å². The summed E-state index contributed by atoms with van der Waals surface area (Å²) in [6.07, 6.45) is 1.56. The lowest BCUT2D eigenvalue weighted by molar-refractivity contribution is 0.565. The van der Waals surface area contributed by atoms with E-state index in [9.17, 15) is 9.18 Å². The summed E-state index contributed by atoms with van der Waals surface area (Å²) < 4.78 is 19.9. The van der Waals surface area contributed by atoms with E-state index in [-0.39, 0.29) is 11.1 Å². The van der Waals surface area contributed by atoms with Crippen molar-refractivity contribution in [2.45, 2.75) is 6.92 Å². The minimum absolute atomic E-state index is 0.0359. The van der Waals surface area contributed by atoms with E-state index in [0.29, 0.717) is 32.9 Å². The summed E-state index contributed by atoms with van der Waals surface area (Å²) in [6.45, 7) is 1.72. The van der Waals surface area contributed by atoms with Crippen LogP contribution < -0.4 is 5.43 Å². The van der Waals surface area contributed by atoms with Gasteiger partial charge in [0.2, 0.25) is 0 Å². The number of rotatable bonds is 1. The van der Waals surface area contributed by atoms with E-state index in [0.717, 1.165) is 5.56 Å². The molecule has 0 atom stereocenters. The Morgan fingerprint density at radius 3 is 2.54 bits per heavy atom. The quantitative estimate of drug-likeness (QED) is 0.412. The molecule has 2 heterocycles. The molecule has 4 rings (SSSR count). The van der Waals surface area contributed by atoms with Crippen LogP contribution in [0, 0.1) is 24.6 Å². The minimum atomic E-state index is -0.518. The number of hydrogen-bond donors (Lipinski definition) is 0. The molecule has 0 saturated heterocycles. The largest absolute Gasteiger partial charge is 0.461 e. The molecular formula is C23H13ClFNO2. The van der Waals surface area contributed by atoms with Crippen LogP contribution in [0.4, 0.5) is 4.39 Å². The maximum Gasteiger partial charge on any atom is 0.192 e. The number of pyridine rings is 1. The summed E-state index contributed by atoms with van der Waals surface area (Å²) in [5, 5.41) is 1.04. The Balaban J connectivity index is 1.67. The molecule has 5 heteroatoms. The van der Waals surface area contributed by atoms with Crippen LogP contribution in [-0.2, 0) is 0 Å². The van der Waals surface area contributed by atoms with Crippen LogP contribution in [0.15, 0.2) is 70.0 Å². The van der Waals surface area contributed by atoms with E-state index in [2.05, 4.69) is 16.8 Å². The molecule has 0 aliphatic rings. The van der Waals surface area contributed by atoms with Crippen LogP contribution in [0.2, 0.25) is 5.02 Å². The highest BCUT2D eigenvalue weighted by Crippen LogP contribution is 2.22. The van der Waals surface area contributed by atoms with E-state index in [4.69, 9.17) is 16.0 Å². The van der Waals surface area contributed by atoms with E-state index in [1.165, 1.54) is 12.1 Å². The monoisotopic (exact) mass is 389 g/mol. The zero-order valence-corrected chi connectivity index (χ0v) is 15.5. The number of hydrogen-bond acceptors (Lipinski definition) is 3. The van der Waals surface area contributed by atoms with Gasteiger partial charge in [-0.1, -0.05) is 29.7 Å². The molecule has 3 nitrogen and oxygen atoms in total. The lowest BCUT2D eigenvalue weighted by Gasteiger charge is -2.02. The van der Waals surface area contributed by atoms with Crippen molar-refractivity contribution < 1.29 is 8.81 Å². The van der Waals surface area contributed by atoms with Crippen LogP contribution in [0.3, 0.4) is 0 Å². The zero-order chi connectivity index (χ0) is 19.7. The molecule has 0 amide bonds. The second kappa shape index (κ2) is 7.30. The molecule has 0 radical (unpaired) electrons. The van der Waals surface area contributed by atoms with Gasteiger partial charge >= 0.3 is 0 Å². The molecule has 2 aromatic carbocycles. The number of aryl methyl sites for hydroxylation is 1. The van der Waals surface area contributed by atoms with Gasteiger partial charge in [0.25, 0.3) is 0 Å². The highest BCUT2D eigenvalue weighted by Gasteiger charge is 2.06. The third-order valence-electron chi connectivity index (χ3n) is 4.19. The third kappa shape index (κ3) is 3.66. The number of fused-ring (bicyclic) bond motifs is 1. The van der Waals surface area contributed by atoms with Gasteiger partial charge in [-0.05, 0) is 54.8 Å². The van der Waals surface area contributed by atoms with E-state index < -0.39 is 5.82 Å². The standard InChI is InChI=1S/C23H13ClFNO2/c1-14-10-22(27)19-11-15(3-9-23(19)28-14)2-8-21-20(25)12-17(13-26-21)16-4-6-18(24)7-5-16/h3-7,9-13H,1H3. The van der Waals surface area contributed by atoms with Crippen molar-refractivity contribution >= 4 is 22.6 Å². The van der Waals surface area contributed by atoms with E-state index >= 15 is 0 Å². The summed E-state index contributed by atoms with van der Waals surface area (Å²) >= 11 is 5.88. The van der Waals surface area contributed by atoms with Crippen molar-refractivity contribution in [3.05, 3.63) is 98.9 Å². The Hall–Kier alpha value is -3.42. The summed E-state index contributed by atoms with van der Waals surface area (Å²) in [4.78, 5) is 16.2. The minimum Gasteiger partial charge on any atom is -0.461 e. The molecule has 0 saturated carbocycles. The highest BCUT2D eigenvalue weighted by atomic mass is 35.5. The van der Waals surface area contributed by atoms with Crippen molar-refractivity contribution in [1.29, 1.82) is 0 Å². The SMILES string of the molecule is Cc1cc(=O)c2cc(C#Cc3ncc(-c4ccc(Cl)cc4)cc3F)ccc2o1. The first-order valence-corrected chi connectivity index (χ1v) is 8.85. The molecule has 0 N–H and O–H groups in total. The fraction of sp³-hybridized carbons (Fsp3) is 0.0435. The summed E-state index contributed by atoms with van der Waals surface area (Å²) in [7, 11) is 0. The summed E-state index contributed by atoms with van der Waals surface area (Å²) in [5.74, 6) is 5.60. The molecule has 0 spiro atoms. The normalized spacial score (nSPS) is 10.5. The molecule has 0 fully saturated rings. The first-order chi connectivity index (χ1) is 13.5. The first-order valence-electron chi connectivity index (χ1n) is 8.47. The van der Waals surface area contributed by atoms with E-state index in [1.807, 2.05) is 0 Å². The van der Waals surface area contributed by atoms with Crippen LogP contribution >= 0.6 is 11.6 Å². The van der Waals surface area contributed by atoms with Gasteiger partial charge in [-0.25, -0.2) is 9.37 Å². The maximum atomic E-state index is 14.4. The molecule has 4 aromatic rings. The molecule has 2 aromatic heterocycles. The van der Waals surface area contributed by atoms with Crippen molar-refractivity contribution in [3.63, 3.8) is 0 Å². The van der Waals surface area contributed by atoms with Gasteiger partial charge in [0.05, 0.1) is 5.39 Å². The predicted octanol–water partition coefficient (Wildman–Crippen LogP) is 5.36. The van der Waals surface area contributed by atoms with Gasteiger partial charge in [0.1, 0.15) is 17.0 Å². The average molecular weight is 390 g/mol. The van der Waals surface area contributed by atoms with Crippen molar-refractivity contribution in [2.24, 2.45) is 0 Å². The fourth-order valence-electron chi connectivity index (χ4n) is 2.82. The molecule has 0 aliphatic heterocycles. The van der Waals surface area contributed by atoms with Crippen molar-refractivity contribution in [3.8, 4) is 23.0 Å². The lowest BCUT2D eigenvalue weighted by atomic mass is 10.1. The molecule has 28 heavy (non-hydrogen) atoms. The Bertz CT molecular complexity index is 1310. The number of benzene rings is 2. The number of halogens is 2. The van der Waals surface area contributed by atoms with Crippen molar-refractivity contribution in [2.75, 3.05) is 0 Å². The Morgan fingerprint density at radius 2 is 1.79 bits per heavy atom.